The van der Waals surface area contributed by atoms with Crippen molar-refractivity contribution in [3.05, 3.63) is 29.8 Å². The maximum absolute atomic E-state index is 9.47. The fraction of sp³-hybridized carbons (Fsp3) is 0.600. The lowest BCUT2D eigenvalue weighted by Gasteiger charge is -2.28. The van der Waals surface area contributed by atoms with Crippen LogP contribution in [0, 0.1) is 0 Å². The maximum atomic E-state index is 9.47. The van der Waals surface area contributed by atoms with Crippen LogP contribution in [0.3, 0.4) is 0 Å². The lowest BCUT2D eigenvalue weighted by Crippen LogP contribution is -2.38. The Hall–Kier alpha value is -1.06. The number of nitrogens with zero attached hydrogens (tertiary/aromatic N) is 1. The molecule has 1 aromatic carbocycles. The zero-order valence-electron chi connectivity index (χ0n) is 11.0. The van der Waals surface area contributed by atoms with Gasteiger partial charge in [-0.1, -0.05) is 31.0 Å². The van der Waals surface area contributed by atoms with E-state index < -0.39 is 0 Å². The minimum absolute atomic E-state index is 0.282. The quantitative estimate of drug-likeness (QED) is 0.802. The van der Waals surface area contributed by atoms with E-state index in [-0.39, 0.29) is 6.61 Å². The third-order valence-corrected chi connectivity index (χ3v) is 3.93. The Morgan fingerprint density at radius 3 is 2.83 bits per heavy atom. The molecule has 0 radical (unpaired) electrons. The summed E-state index contributed by atoms with van der Waals surface area (Å²) in [5, 5.41) is 9.47. The van der Waals surface area contributed by atoms with Crippen molar-refractivity contribution >= 4 is 5.69 Å². The second-order valence-electron chi connectivity index (χ2n) is 5.17. The number of para-hydroxylation sites is 1. The molecule has 2 rings (SSSR count). The molecule has 1 saturated heterocycles. The van der Waals surface area contributed by atoms with Crippen LogP contribution in [0.15, 0.2) is 24.3 Å². The normalized spacial score (nSPS) is 21.7. The first-order valence-corrected chi connectivity index (χ1v) is 6.99. The zero-order chi connectivity index (χ0) is 12.8. The standard InChI is InChI=1S/C15H24N2O/c16-15-8-4-3-6-13(15)9-11-17-10-5-1-2-7-14(17)12-18/h3-4,6,8,14,18H,1-2,5,7,9-12,16H2. The molecular formula is C15H24N2O. The van der Waals surface area contributed by atoms with E-state index in [1.54, 1.807) is 0 Å². The molecule has 1 fully saturated rings. The van der Waals surface area contributed by atoms with Gasteiger partial charge in [0.25, 0.3) is 0 Å². The summed E-state index contributed by atoms with van der Waals surface area (Å²) in [6.07, 6.45) is 5.89. The van der Waals surface area contributed by atoms with Gasteiger partial charge in [-0.05, 0) is 37.4 Å². The SMILES string of the molecule is Nc1ccccc1CCN1CCCCCC1CO. The second kappa shape index (κ2) is 6.76. The van der Waals surface area contributed by atoms with Gasteiger partial charge in [0.15, 0.2) is 0 Å². The number of aliphatic hydroxyl groups excluding tert-OH is 1. The van der Waals surface area contributed by atoms with Crippen LogP contribution >= 0.6 is 0 Å². The highest BCUT2D eigenvalue weighted by molar-refractivity contribution is 5.46. The molecular weight excluding hydrogens is 224 g/mol. The number of likely N-dealkylation sites (tertiary alicyclic amines) is 1. The van der Waals surface area contributed by atoms with Gasteiger partial charge in [0, 0.05) is 18.3 Å². The summed E-state index contributed by atoms with van der Waals surface area (Å²) < 4.78 is 0. The van der Waals surface area contributed by atoms with Crippen molar-refractivity contribution in [1.29, 1.82) is 0 Å². The molecule has 0 spiro atoms. The van der Waals surface area contributed by atoms with Gasteiger partial charge in [-0.15, -0.1) is 0 Å². The fourth-order valence-electron chi connectivity index (χ4n) is 2.76. The molecule has 3 nitrogen and oxygen atoms in total. The maximum Gasteiger partial charge on any atom is 0.0586 e. The molecule has 100 valence electrons. The van der Waals surface area contributed by atoms with E-state index in [9.17, 15) is 5.11 Å². The molecule has 1 aliphatic rings. The Kier molecular flexibility index (Phi) is 5.02. The highest BCUT2D eigenvalue weighted by Crippen LogP contribution is 2.18. The molecule has 0 aliphatic carbocycles. The first kappa shape index (κ1) is 13.4. The van der Waals surface area contributed by atoms with Crippen molar-refractivity contribution in [3.63, 3.8) is 0 Å². The van der Waals surface area contributed by atoms with E-state index in [1.807, 2.05) is 18.2 Å². The minimum atomic E-state index is 0.282. The molecule has 1 aliphatic heterocycles. The van der Waals surface area contributed by atoms with Crippen LogP contribution < -0.4 is 5.73 Å². The minimum Gasteiger partial charge on any atom is -0.399 e. The number of nitrogens with two attached hydrogens (primary N) is 1. The van der Waals surface area contributed by atoms with Gasteiger partial charge in [-0.2, -0.15) is 0 Å². The molecule has 1 atom stereocenters. The third kappa shape index (κ3) is 3.47. The van der Waals surface area contributed by atoms with Crippen LogP contribution in [-0.2, 0) is 6.42 Å². The molecule has 1 unspecified atom stereocenters. The summed E-state index contributed by atoms with van der Waals surface area (Å²) in [6.45, 7) is 2.39. The van der Waals surface area contributed by atoms with Gasteiger partial charge in [0.1, 0.15) is 0 Å². The average Bonchev–Trinajstić information content (AvgIpc) is 2.62. The van der Waals surface area contributed by atoms with Crippen LogP contribution in [-0.4, -0.2) is 35.7 Å². The molecule has 3 N–H and O–H groups in total. The first-order valence-electron chi connectivity index (χ1n) is 6.99. The lowest BCUT2D eigenvalue weighted by molar-refractivity contribution is 0.125. The van der Waals surface area contributed by atoms with Gasteiger partial charge < -0.3 is 10.8 Å². The summed E-state index contributed by atoms with van der Waals surface area (Å²) in [4.78, 5) is 2.43. The van der Waals surface area contributed by atoms with E-state index >= 15 is 0 Å². The molecule has 3 heteroatoms. The van der Waals surface area contributed by atoms with Gasteiger partial charge in [-0.25, -0.2) is 0 Å². The van der Waals surface area contributed by atoms with E-state index in [4.69, 9.17) is 5.73 Å². The van der Waals surface area contributed by atoms with Crippen molar-refractivity contribution in [1.82, 2.24) is 4.90 Å². The smallest absolute Gasteiger partial charge is 0.0586 e. The van der Waals surface area contributed by atoms with Crippen molar-refractivity contribution in [2.45, 2.75) is 38.1 Å². The lowest BCUT2D eigenvalue weighted by atomic mass is 10.1. The highest BCUT2D eigenvalue weighted by Gasteiger charge is 2.19. The number of nitrogen functional groups attached to an aromatic ring is 1. The van der Waals surface area contributed by atoms with Crippen LogP contribution in [0.2, 0.25) is 0 Å². The molecule has 0 bridgehead atoms. The van der Waals surface area contributed by atoms with Crippen molar-refractivity contribution in [3.8, 4) is 0 Å². The van der Waals surface area contributed by atoms with E-state index in [2.05, 4.69) is 11.0 Å². The molecule has 1 heterocycles. The van der Waals surface area contributed by atoms with Crippen molar-refractivity contribution in [2.75, 3.05) is 25.4 Å². The topological polar surface area (TPSA) is 49.5 Å². The zero-order valence-corrected chi connectivity index (χ0v) is 11.0. The largest absolute Gasteiger partial charge is 0.399 e. The van der Waals surface area contributed by atoms with Crippen LogP contribution in [0.5, 0.6) is 0 Å². The summed E-state index contributed by atoms with van der Waals surface area (Å²) in [6, 6.07) is 8.42. The number of hydrogen-bond donors (Lipinski definition) is 2. The highest BCUT2D eigenvalue weighted by atomic mass is 16.3. The predicted molar refractivity (Wildman–Crippen MR) is 75.5 cm³/mol. The van der Waals surface area contributed by atoms with Gasteiger partial charge >= 0.3 is 0 Å². The van der Waals surface area contributed by atoms with E-state index in [1.165, 1.54) is 24.8 Å². The average molecular weight is 248 g/mol. The molecule has 0 aromatic heterocycles. The number of benzene rings is 1. The molecule has 18 heavy (non-hydrogen) atoms. The predicted octanol–water partition coefficient (Wildman–Crippen LogP) is 2.05. The van der Waals surface area contributed by atoms with Gasteiger partial charge in [0.2, 0.25) is 0 Å². The Labute approximate surface area is 110 Å². The third-order valence-electron chi connectivity index (χ3n) is 3.93. The first-order chi connectivity index (χ1) is 8.81. The Morgan fingerprint density at radius 1 is 1.22 bits per heavy atom. The Bertz CT molecular complexity index is 367. The molecule has 0 saturated carbocycles. The fourth-order valence-corrected chi connectivity index (χ4v) is 2.76. The number of anilines is 1. The summed E-state index contributed by atoms with van der Waals surface area (Å²) >= 11 is 0. The van der Waals surface area contributed by atoms with Crippen LogP contribution in [0.1, 0.15) is 31.2 Å². The Morgan fingerprint density at radius 2 is 2.06 bits per heavy atom. The summed E-state index contributed by atoms with van der Waals surface area (Å²) in [7, 11) is 0. The Balaban J connectivity index is 1.93. The van der Waals surface area contributed by atoms with E-state index in [0.29, 0.717) is 6.04 Å². The van der Waals surface area contributed by atoms with Crippen molar-refractivity contribution in [2.24, 2.45) is 0 Å². The van der Waals surface area contributed by atoms with Gasteiger partial charge in [-0.3, -0.25) is 4.90 Å². The second-order valence-corrected chi connectivity index (χ2v) is 5.17. The number of rotatable bonds is 4. The monoisotopic (exact) mass is 248 g/mol. The number of hydrogen-bond acceptors (Lipinski definition) is 3. The summed E-state index contributed by atoms with van der Waals surface area (Å²) in [5.41, 5.74) is 8.07. The molecule has 0 amide bonds. The van der Waals surface area contributed by atoms with Crippen LogP contribution in [0.4, 0.5) is 5.69 Å². The summed E-state index contributed by atoms with van der Waals surface area (Å²) in [5.74, 6) is 0. The van der Waals surface area contributed by atoms with E-state index in [0.717, 1.165) is 31.6 Å². The van der Waals surface area contributed by atoms with Gasteiger partial charge in [0.05, 0.1) is 6.61 Å². The van der Waals surface area contributed by atoms with Crippen molar-refractivity contribution < 1.29 is 5.11 Å². The number of aliphatic hydroxyl groups is 1. The van der Waals surface area contributed by atoms with Crippen LogP contribution in [0.25, 0.3) is 0 Å². The molecule has 1 aromatic rings.